The molecule has 0 aliphatic rings. The van der Waals surface area contributed by atoms with Gasteiger partial charge in [-0.25, -0.2) is 5.84 Å². The van der Waals surface area contributed by atoms with E-state index in [9.17, 15) is 9.59 Å². The number of ether oxygens (including phenoxy) is 1. The van der Waals surface area contributed by atoms with E-state index in [2.05, 4.69) is 4.74 Å². The van der Waals surface area contributed by atoms with Crippen LogP contribution in [0.1, 0.15) is 6.92 Å². The van der Waals surface area contributed by atoms with Crippen molar-refractivity contribution in [3.05, 3.63) is 0 Å². The van der Waals surface area contributed by atoms with E-state index in [4.69, 9.17) is 5.84 Å². The second kappa shape index (κ2) is 6.93. The highest BCUT2D eigenvalue weighted by Crippen LogP contribution is 1.99. The highest BCUT2D eigenvalue weighted by Gasteiger charge is 2.03. The summed E-state index contributed by atoms with van der Waals surface area (Å²) in [5.41, 5.74) is 1.96. The molecule has 12 heavy (non-hydrogen) atoms. The number of nitrogens with two attached hydrogens (primary N) is 1. The number of esters is 1. The number of carbonyl (C=O) groups excluding carboxylic acids is 2. The van der Waals surface area contributed by atoms with Gasteiger partial charge >= 0.3 is 5.97 Å². The van der Waals surface area contributed by atoms with Crippen LogP contribution in [0, 0.1) is 0 Å². The Labute approximate surface area is 75.0 Å². The van der Waals surface area contributed by atoms with E-state index in [0.717, 1.165) is 0 Å². The van der Waals surface area contributed by atoms with Crippen molar-refractivity contribution in [2.24, 2.45) is 5.84 Å². The van der Waals surface area contributed by atoms with Gasteiger partial charge < -0.3 is 4.74 Å². The van der Waals surface area contributed by atoms with Gasteiger partial charge in [0.15, 0.2) is 0 Å². The lowest BCUT2D eigenvalue weighted by atomic mass is 10.7. The molecule has 0 fully saturated rings. The van der Waals surface area contributed by atoms with Crippen LogP contribution in [0.25, 0.3) is 0 Å². The summed E-state index contributed by atoms with van der Waals surface area (Å²) >= 11 is 1.17. The third-order valence-electron chi connectivity index (χ3n) is 0.919. The Kier molecular flexibility index (Phi) is 6.50. The Hall–Kier alpha value is -0.750. The Bertz CT molecular complexity index is 163. The molecule has 0 bridgehead atoms. The monoisotopic (exact) mass is 192 g/mol. The van der Waals surface area contributed by atoms with Crippen molar-refractivity contribution in [3.8, 4) is 0 Å². The molecule has 3 N–H and O–H groups in total. The van der Waals surface area contributed by atoms with E-state index in [-0.39, 0.29) is 23.4 Å². The minimum Gasteiger partial charge on any atom is -0.465 e. The highest BCUT2D eigenvalue weighted by molar-refractivity contribution is 8.00. The van der Waals surface area contributed by atoms with E-state index < -0.39 is 0 Å². The molecule has 0 heterocycles. The molecule has 0 aromatic heterocycles. The zero-order valence-corrected chi connectivity index (χ0v) is 7.65. The molecule has 70 valence electrons. The standard InChI is InChI=1S/C6H12N2O3S/c1-2-11-6(10)4-12-3-5(9)8-7/h2-4,7H2,1H3,(H,8,9). The Morgan fingerprint density at radius 3 is 2.67 bits per heavy atom. The molecular formula is C6H12N2O3S. The minimum atomic E-state index is -0.313. The van der Waals surface area contributed by atoms with Crippen molar-refractivity contribution in [2.45, 2.75) is 6.92 Å². The predicted molar refractivity (Wildman–Crippen MR) is 46.3 cm³/mol. The summed E-state index contributed by atoms with van der Waals surface area (Å²) in [6.07, 6.45) is 0. The summed E-state index contributed by atoms with van der Waals surface area (Å²) in [6.45, 7) is 2.09. The van der Waals surface area contributed by atoms with Crippen molar-refractivity contribution in [3.63, 3.8) is 0 Å². The number of hydrogen-bond acceptors (Lipinski definition) is 5. The van der Waals surface area contributed by atoms with Gasteiger partial charge in [0, 0.05) is 0 Å². The molecular weight excluding hydrogens is 180 g/mol. The maximum Gasteiger partial charge on any atom is 0.315 e. The van der Waals surface area contributed by atoms with Gasteiger partial charge in [0.2, 0.25) is 5.91 Å². The Morgan fingerprint density at radius 2 is 2.17 bits per heavy atom. The lowest BCUT2D eigenvalue weighted by molar-refractivity contribution is -0.139. The summed E-state index contributed by atoms with van der Waals surface area (Å²) in [7, 11) is 0. The Morgan fingerprint density at radius 1 is 1.50 bits per heavy atom. The summed E-state index contributed by atoms with van der Waals surface area (Å²) < 4.78 is 4.63. The molecule has 0 unspecified atom stereocenters. The van der Waals surface area contributed by atoms with Gasteiger partial charge in [-0.2, -0.15) is 0 Å². The fraction of sp³-hybridized carbons (Fsp3) is 0.667. The van der Waals surface area contributed by atoms with Gasteiger partial charge in [-0.05, 0) is 6.92 Å². The van der Waals surface area contributed by atoms with E-state index in [1.807, 2.05) is 5.43 Å². The first-order chi connectivity index (χ1) is 5.70. The van der Waals surface area contributed by atoms with Crippen LogP contribution in [-0.2, 0) is 14.3 Å². The molecule has 0 saturated carbocycles. The molecule has 0 radical (unpaired) electrons. The quantitative estimate of drug-likeness (QED) is 0.260. The fourth-order valence-electron chi connectivity index (χ4n) is 0.471. The largest absolute Gasteiger partial charge is 0.465 e. The minimum absolute atomic E-state index is 0.176. The topological polar surface area (TPSA) is 81.4 Å². The third-order valence-corrected chi connectivity index (χ3v) is 1.83. The summed E-state index contributed by atoms with van der Waals surface area (Å²) in [6, 6.07) is 0. The summed E-state index contributed by atoms with van der Waals surface area (Å²) in [5, 5.41) is 0. The van der Waals surface area contributed by atoms with Crippen LogP contribution in [-0.4, -0.2) is 30.0 Å². The molecule has 6 heteroatoms. The van der Waals surface area contributed by atoms with E-state index in [1.165, 1.54) is 11.8 Å². The first kappa shape index (κ1) is 11.2. The fourth-order valence-corrected chi connectivity index (χ4v) is 1.09. The van der Waals surface area contributed by atoms with E-state index in [1.54, 1.807) is 6.92 Å². The average molecular weight is 192 g/mol. The highest BCUT2D eigenvalue weighted by atomic mass is 32.2. The van der Waals surface area contributed by atoms with Crippen LogP contribution in [0.3, 0.4) is 0 Å². The smallest absolute Gasteiger partial charge is 0.315 e. The van der Waals surface area contributed by atoms with Crippen molar-refractivity contribution < 1.29 is 14.3 Å². The number of hydrazine groups is 1. The molecule has 0 aliphatic carbocycles. The summed E-state index contributed by atoms with van der Waals surface area (Å²) in [5.74, 6) is 4.56. The van der Waals surface area contributed by atoms with Crippen LogP contribution in [0.15, 0.2) is 0 Å². The lowest BCUT2D eigenvalue weighted by Crippen LogP contribution is -2.31. The predicted octanol–water partition coefficient (Wildman–Crippen LogP) is -0.727. The molecule has 0 saturated heterocycles. The van der Waals surface area contributed by atoms with Gasteiger partial charge in [0.05, 0.1) is 18.1 Å². The first-order valence-corrected chi connectivity index (χ1v) is 4.59. The van der Waals surface area contributed by atoms with Crippen molar-refractivity contribution in [1.29, 1.82) is 0 Å². The zero-order valence-electron chi connectivity index (χ0n) is 6.83. The number of rotatable bonds is 5. The lowest BCUT2D eigenvalue weighted by Gasteiger charge is -2.00. The third kappa shape index (κ3) is 5.99. The van der Waals surface area contributed by atoms with Crippen LogP contribution < -0.4 is 11.3 Å². The van der Waals surface area contributed by atoms with Crippen LogP contribution in [0.2, 0.25) is 0 Å². The van der Waals surface area contributed by atoms with Crippen molar-refractivity contribution in [1.82, 2.24) is 5.43 Å². The molecule has 0 spiro atoms. The second-order valence-corrected chi connectivity index (χ2v) is 2.85. The molecule has 5 nitrogen and oxygen atoms in total. The van der Waals surface area contributed by atoms with Crippen LogP contribution in [0.4, 0.5) is 0 Å². The summed E-state index contributed by atoms with van der Waals surface area (Å²) in [4.78, 5) is 21.2. The zero-order chi connectivity index (χ0) is 9.40. The Balaban J connectivity index is 3.30. The van der Waals surface area contributed by atoms with Gasteiger partial charge in [-0.3, -0.25) is 15.0 Å². The van der Waals surface area contributed by atoms with Gasteiger partial charge in [0.25, 0.3) is 0 Å². The number of thioether (sulfide) groups is 1. The number of carbonyl (C=O) groups is 2. The van der Waals surface area contributed by atoms with Crippen LogP contribution in [0.5, 0.6) is 0 Å². The molecule has 0 aromatic carbocycles. The molecule has 0 aromatic rings. The SMILES string of the molecule is CCOC(=O)CSCC(=O)NN. The van der Waals surface area contributed by atoms with Crippen molar-refractivity contribution >= 4 is 23.6 Å². The number of amides is 1. The average Bonchev–Trinajstić information content (AvgIpc) is 2.04. The van der Waals surface area contributed by atoms with Crippen LogP contribution >= 0.6 is 11.8 Å². The second-order valence-electron chi connectivity index (χ2n) is 1.87. The molecule has 0 aliphatic heterocycles. The van der Waals surface area contributed by atoms with E-state index >= 15 is 0 Å². The van der Waals surface area contributed by atoms with Gasteiger partial charge in [-0.1, -0.05) is 0 Å². The molecule has 0 rings (SSSR count). The first-order valence-electron chi connectivity index (χ1n) is 3.43. The normalized spacial score (nSPS) is 9.17. The maximum absolute atomic E-state index is 10.7. The molecule has 0 atom stereocenters. The van der Waals surface area contributed by atoms with E-state index in [0.29, 0.717) is 6.61 Å². The number of hydrogen-bond donors (Lipinski definition) is 2. The van der Waals surface area contributed by atoms with Gasteiger partial charge in [-0.15, -0.1) is 11.8 Å². The van der Waals surface area contributed by atoms with Crippen molar-refractivity contribution in [2.75, 3.05) is 18.1 Å². The maximum atomic E-state index is 10.7. The molecule has 1 amide bonds. The number of nitrogens with one attached hydrogen (secondary N) is 1. The van der Waals surface area contributed by atoms with Gasteiger partial charge in [0.1, 0.15) is 0 Å².